The SMILES string of the molecule is CC(=O)O.CC(C)(C)SCCN1C(=O)COCC1c1ccc(Cl)c(F)c1.CF.Clc1ccccc1. The van der Waals surface area contributed by atoms with E-state index >= 15 is 0 Å². The summed E-state index contributed by atoms with van der Waals surface area (Å²) in [5, 5.41) is 8.30. The Labute approximate surface area is 220 Å². The standard InChI is InChI=1S/C16H21ClFNO2S.C6H5Cl.C2H4O2.CH3F/c1-16(2,3)22-7-6-19-14(9-21-10-15(19)20)11-4-5-12(17)13(18)8-11;7-6-4-2-1-3-5-6;1-2(3)4;1-2/h4-5,8,14H,6-7,9-10H2,1-3H3;1-5H;1H3,(H,3,4);1H3. The van der Waals surface area contributed by atoms with Gasteiger partial charge in [0, 0.05) is 29.0 Å². The molecule has 3 rings (SSSR count). The van der Waals surface area contributed by atoms with Gasteiger partial charge in [-0.2, -0.15) is 11.8 Å². The van der Waals surface area contributed by atoms with E-state index in [4.69, 9.17) is 37.8 Å². The summed E-state index contributed by atoms with van der Waals surface area (Å²) in [5.41, 5.74) is 0.718. The maximum absolute atomic E-state index is 13.7. The average molecular weight is 553 g/mol. The van der Waals surface area contributed by atoms with E-state index in [0.29, 0.717) is 20.3 Å². The number of carbonyl (C=O) groups excluding carboxylic acids is 1. The first-order valence-corrected chi connectivity index (χ1v) is 12.4. The van der Waals surface area contributed by atoms with Crippen molar-refractivity contribution >= 4 is 46.8 Å². The van der Waals surface area contributed by atoms with E-state index in [9.17, 15) is 13.6 Å². The third kappa shape index (κ3) is 15.0. The molecule has 1 unspecified atom stereocenters. The molecule has 2 aromatic rings. The first-order chi connectivity index (χ1) is 16.4. The van der Waals surface area contributed by atoms with Crippen LogP contribution in [0.15, 0.2) is 48.5 Å². The second-order valence-corrected chi connectivity index (χ2v) is 10.8. The van der Waals surface area contributed by atoms with Gasteiger partial charge in [-0.15, -0.1) is 0 Å². The van der Waals surface area contributed by atoms with Gasteiger partial charge >= 0.3 is 0 Å². The monoisotopic (exact) mass is 551 g/mol. The van der Waals surface area contributed by atoms with Crippen LogP contribution < -0.4 is 0 Å². The van der Waals surface area contributed by atoms with Crippen LogP contribution in [0.1, 0.15) is 39.3 Å². The van der Waals surface area contributed by atoms with Gasteiger partial charge in [0.25, 0.3) is 5.97 Å². The molecular formula is C25H33Cl2F2NO4S. The van der Waals surface area contributed by atoms with Crippen LogP contribution in [0.5, 0.6) is 0 Å². The Kier molecular flexibility index (Phi) is 16.6. The zero-order chi connectivity index (χ0) is 27.0. The molecular weight excluding hydrogens is 519 g/mol. The third-order valence-electron chi connectivity index (χ3n) is 4.13. The minimum atomic E-state index is -0.833. The highest BCUT2D eigenvalue weighted by Crippen LogP contribution is 2.29. The van der Waals surface area contributed by atoms with Gasteiger partial charge in [-0.1, -0.05) is 68.2 Å². The Morgan fingerprint density at radius 1 is 1.17 bits per heavy atom. The lowest BCUT2D eigenvalue weighted by molar-refractivity contribution is -0.148. The fourth-order valence-corrected chi connectivity index (χ4v) is 3.91. The summed E-state index contributed by atoms with van der Waals surface area (Å²) in [6.45, 7) is 8.61. The molecule has 196 valence electrons. The minimum Gasteiger partial charge on any atom is -0.481 e. The summed E-state index contributed by atoms with van der Waals surface area (Å²) in [7, 11) is 0.500. The van der Waals surface area contributed by atoms with Gasteiger partial charge in [0.05, 0.1) is 24.8 Å². The van der Waals surface area contributed by atoms with Crippen LogP contribution in [-0.2, 0) is 14.3 Å². The number of carboxylic acids is 1. The largest absolute Gasteiger partial charge is 0.481 e. The number of carboxylic acid groups (broad SMARTS) is 1. The van der Waals surface area contributed by atoms with Gasteiger partial charge < -0.3 is 14.7 Å². The van der Waals surface area contributed by atoms with Crippen LogP contribution >= 0.6 is 35.0 Å². The Morgan fingerprint density at radius 2 is 1.74 bits per heavy atom. The number of thioether (sulfide) groups is 1. The van der Waals surface area contributed by atoms with Crippen LogP contribution in [0, 0.1) is 5.82 Å². The van der Waals surface area contributed by atoms with E-state index in [1.54, 1.807) is 22.7 Å². The van der Waals surface area contributed by atoms with Gasteiger partial charge in [0.1, 0.15) is 12.4 Å². The zero-order valence-electron chi connectivity index (χ0n) is 20.6. The zero-order valence-corrected chi connectivity index (χ0v) is 22.9. The molecule has 1 saturated heterocycles. The van der Waals surface area contributed by atoms with Crippen molar-refractivity contribution in [2.75, 3.05) is 32.7 Å². The first-order valence-electron chi connectivity index (χ1n) is 10.6. The summed E-state index contributed by atoms with van der Waals surface area (Å²) in [6, 6.07) is 13.8. The van der Waals surface area contributed by atoms with Crippen LogP contribution in [0.25, 0.3) is 0 Å². The van der Waals surface area contributed by atoms with Crippen molar-refractivity contribution in [2.24, 2.45) is 0 Å². The van der Waals surface area contributed by atoms with Crippen LogP contribution in [0.2, 0.25) is 10.0 Å². The Hall–Kier alpha value is -1.87. The number of benzene rings is 2. The molecule has 2 aromatic carbocycles. The molecule has 0 saturated carbocycles. The van der Waals surface area contributed by atoms with E-state index in [2.05, 4.69) is 20.8 Å². The smallest absolute Gasteiger partial charge is 0.300 e. The Morgan fingerprint density at radius 3 is 2.20 bits per heavy atom. The molecule has 1 aliphatic rings. The molecule has 0 spiro atoms. The molecule has 35 heavy (non-hydrogen) atoms. The Bertz CT molecular complexity index is 895. The van der Waals surface area contributed by atoms with Crippen LogP contribution in [0.4, 0.5) is 8.78 Å². The fraction of sp³-hybridized carbons (Fsp3) is 0.440. The fourth-order valence-electron chi connectivity index (χ4n) is 2.75. The molecule has 0 aromatic heterocycles. The number of alkyl halides is 1. The first kappa shape index (κ1) is 33.1. The van der Waals surface area contributed by atoms with Gasteiger partial charge in [-0.05, 0) is 29.8 Å². The molecule has 1 fully saturated rings. The number of ether oxygens (including phenoxy) is 1. The lowest BCUT2D eigenvalue weighted by atomic mass is 10.0. The molecule has 1 heterocycles. The minimum absolute atomic E-state index is 0.0545. The quantitative estimate of drug-likeness (QED) is 0.446. The highest BCUT2D eigenvalue weighted by molar-refractivity contribution is 8.00. The highest BCUT2D eigenvalue weighted by Gasteiger charge is 2.30. The van der Waals surface area contributed by atoms with Gasteiger partial charge in [0.2, 0.25) is 5.91 Å². The topological polar surface area (TPSA) is 66.8 Å². The van der Waals surface area contributed by atoms with E-state index in [1.165, 1.54) is 12.1 Å². The molecule has 5 nitrogen and oxygen atoms in total. The predicted octanol–water partition coefficient (Wildman–Crippen LogP) is 6.93. The summed E-state index contributed by atoms with van der Waals surface area (Å²) in [5.74, 6) is -0.524. The van der Waals surface area contributed by atoms with Crippen LogP contribution in [-0.4, -0.2) is 59.3 Å². The Balaban J connectivity index is 0.000000730. The number of morpholine rings is 1. The number of carbonyl (C=O) groups is 2. The predicted molar refractivity (Wildman–Crippen MR) is 141 cm³/mol. The van der Waals surface area contributed by atoms with E-state index in [0.717, 1.165) is 23.3 Å². The van der Waals surface area contributed by atoms with E-state index in [1.807, 2.05) is 30.3 Å². The number of amides is 1. The van der Waals surface area contributed by atoms with Crippen molar-refractivity contribution in [3.05, 3.63) is 70.0 Å². The average Bonchev–Trinajstić information content (AvgIpc) is 2.78. The lowest BCUT2D eigenvalue weighted by Crippen LogP contribution is -2.45. The number of hydrogen-bond acceptors (Lipinski definition) is 4. The molecule has 0 bridgehead atoms. The van der Waals surface area contributed by atoms with Crippen molar-refractivity contribution in [3.8, 4) is 0 Å². The van der Waals surface area contributed by atoms with Crippen molar-refractivity contribution in [2.45, 2.75) is 38.5 Å². The van der Waals surface area contributed by atoms with Crippen molar-refractivity contribution in [1.29, 1.82) is 0 Å². The van der Waals surface area contributed by atoms with Crippen LogP contribution in [0.3, 0.4) is 0 Å². The number of aliphatic carboxylic acids is 1. The number of rotatable bonds is 4. The van der Waals surface area contributed by atoms with Crippen molar-refractivity contribution in [3.63, 3.8) is 0 Å². The molecule has 10 heteroatoms. The molecule has 0 radical (unpaired) electrons. The third-order valence-corrected chi connectivity index (χ3v) is 5.94. The summed E-state index contributed by atoms with van der Waals surface area (Å²) in [4.78, 5) is 22.9. The summed E-state index contributed by atoms with van der Waals surface area (Å²) in [6.07, 6.45) is 0. The van der Waals surface area contributed by atoms with Crippen molar-refractivity contribution < 1.29 is 28.2 Å². The second-order valence-electron chi connectivity index (χ2n) is 8.07. The highest BCUT2D eigenvalue weighted by atomic mass is 35.5. The molecule has 0 aliphatic carbocycles. The van der Waals surface area contributed by atoms with Gasteiger partial charge in [-0.25, -0.2) is 4.39 Å². The van der Waals surface area contributed by atoms with Crippen molar-refractivity contribution in [1.82, 2.24) is 4.90 Å². The molecule has 1 aliphatic heterocycles. The number of halogens is 4. The summed E-state index contributed by atoms with van der Waals surface area (Å²) >= 11 is 13.1. The van der Waals surface area contributed by atoms with Gasteiger partial charge in [-0.3, -0.25) is 14.0 Å². The lowest BCUT2D eigenvalue weighted by Gasteiger charge is -2.36. The van der Waals surface area contributed by atoms with E-state index in [-0.39, 0.29) is 28.3 Å². The summed E-state index contributed by atoms with van der Waals surface area (Å²) < 4.78 is 28.7. The number of nitrogens with zero attached hydrogens (tertiary/aromatic N) is 1. The molecule has 1 amide bonds. The molecule has 1 atom stereocenters. The number of hydrogen-bond donors (Lipinski definition) is 1. The van der Waals surface area contributed by atoms with E-state index < -0.39 is 11.8 Å². The molecule has 1 N–H and O–H groups in total. The van der Waals surface area contributed by atoms with Gasteiger partial charge in [0.15, 0.2) is 0 Å². The normalized spacial score (nSPS) is 14.9. The maximum Gasteiger partial charge on any atom is 0.300 e. The maximum atomic E-state index is 13.7. The second kappa shape index (κ2) is 17.5.